The van der Waals surface area contributed by atoms with Crippen LogP contribution in [0.2, 0.25) is 0 Å². The number of H-pyrrole nitrogens is 1. The third-order valence-corrected chi connectivity index (χ3v) is 12.4. The number of fused-ring (bicyclic) bond motifs is 4. The molecule has 3 fully saturated rings. The Kier molecular flexibility index (Phi) is 12.2. The van der Waals surface area contributed by atoms with Crippen LogP contribution in [0, 0.1) is 5.92 Å². The fraction of sp³-hybridized carbons (Fsp3) is 0.438. The van der Waals surface area contributed by atoms with Crippen LogP contribution in [0.4, 0.5) is 20.5 Å². The molecular formula is C32H36F2N10O11P2S2. The van der Waals surface area contributed by atoms with Crippen LogP contribution in [0.1, 0.15) is 44.1 Å². The summed E-state index contributed by atoms with van der Waals surface area (Å²) in [6.07, 6.45) is -10.6. The molecule has 2 unspecified atom stereocenters. The largest absolute Gasteiger partial charge is 0.386 e. The SMILES string of the molecule is C.CC(C)C(=O)Nc1nc2c(ncn2[C@@H]2O[C@@H]3COP(O)(=S)O[C@H]4[C@@H](F)[C@H](n5cnc6c(NC(=O)c7ccccc7)ncnc65)O[C@@H]4COP(=O)(S)O[C@H]3[C@H]2F)c(=O)[nH]1. The second-order valence-corrected chi connectivity index (χ2v) is 19.1. The fourth-order valence-electron chi connectivity index (χ4n) is 6.39. The summed E-state index contributed by atoms with van der Waals surface area (Å²) in [5, 5.41) is 5.11. The monoisotopic (exact) mass is 900 g/mol. The van der Waals surface area contributed by atoms with Crippen molar-refractivity contribution < 1.29 is 55.4 Å². The average molecular weight is 901 g/mol. The Morgan fingerprint density at radius 3 is 2.20 bits per heavy atom. The van der Waals surface area contributed by atoms with Gasteiger partial charge < -0.3 is 24.2 Å². The van der Waals surface area contributed by atoms with Crippen molar-refractivity contribution in [3.05, 3.63) is 65.2 Å². The summed E-state index contributed by atoms with van der Waals surface area (Å²) in [5.41, 5.74) is -0.679. The smallest absolute Gasteiger partial charge is 0.346 e. The van der Waals surface area contributed by atoms with Gasteiger partial charge in [-0.25, -0.2) is 33.3 Å². The van der Waals surface area contributed by atoms with Gasteiger partial charge in [-0.2, -0.15) is 4.98 Å². The number of amides is 2. The number of aromatic amines is 1. The molecule has 0 bridgehead atoms. The molecule has 3 saturated heterocycles. The van der Waals surface area contributed by atoms with Crippen molar-refractivity contribution in [2.24, 2.45) is 5.92 Å². The van der Waals surface area contributed by atoms with E-state index in [0.29, 0.717) is 5.56 Å². The Morgan fingerprint density at radius 2 is 1.54 bits per heavy atom. The average Bonchev–Trinajstić information content (AvgIpc) is 3.94. The molecule has 0 spiro atoms. The van der Waals surface area contributed by atoms with Gasteiger partial charge in [0.1, 0.15) is 30.7 Å². The molecule has 0 aliphatic carbocycles. The maximum absolute atomic E-state index is 16.5. The lowest BCUT2D eigenvalue weighted by molar-refractivity contribution is -0.118. The first-order valence-electron chi connectivity index (χ1n) is 17.3. The summed E-state index contributed by atoms with van der Waals surface area (Å²) in [6.45, 7) is -7.18. The van der Waals surface area contributed by atoms with Crippen molar-refractivity contribution in [3.63, 3.8) is 0 Å². The molecule has 10 atom stereocenters. The number of ether oxygens (including phenoxy) is 2. The number of hydrogen-bond donors (Lipinski definition) is 5. The van der Waals surface area contributed by atoms with E-state index in [-0.39, 0.29) is 41.5 Å². The van der Waals surface area contributed by atoms with Crippen molar-refractivity contribution in [3.8, 4) is 0 Å². The first-order valence-corrected chi connectivity index (χ1v) is 22.6. The predicted molar refractivity (Wildman–Crippen MR) is 210 cm³/mol. The van der Waals surface area contributed by atoms with Crippen LogP contribution in [0.3, 0.4) is 0 Å². The number of nitrogens with zero attached hydrogens (tertiary/aromatic N) is 7. The minimum atomic E-state index is -4.55. The highest BCUT2D eigenvalue weighted by Gasteiger charge is 2.54. The number of carbonyl (C=O) groups is 2. The van der Waals surface area contributed by atoms with E-state index in [1.807, 2.05) is 0 Å². The lowest BCUT2D eigenvalue weighted by Gasteiger charge is -2.29. The fourth-order valence-corrected chi connectivity index (χ4v) is 9.31. The van der Waals surface area contributed by atoms with Crippen LogP contribution < -0.4 is 16.2 Å². The van der Waals surface area contributed by atoms with E-state index < -0.39 is 99.2 Å². The zero-order valence-corrected chi connectivity index (χ0v) is 33.4. The molecule has 59 heavy (non-hydrogen) atoms. The Balaban J connectivity index is 0.00000528. The molecular weight excluding hydrogens is 864 g/mol. The van der Waals surface area contributed by atoms with E-state index in [1.165, 1.54) is 10.9 Å². The molecule has 21 nitrogen and oxygen atoms in total. The van der Waals surface area contributed by atoms with Crippen molar-refractivity contribution in [2.45, 2.75) is 70.5 Å². The highest BCUT2D eigenvalue weighted by Crippen LogP contribution is 2.58. The summed E-state index contributed by atoms with van der Waals surface area (Å²) in [5.74, 6) is -1.62. The van der Waals surface area contributed by atoms with Crippen LogP contribution >= 0.6 is 25.8 Å². The van der Waals surface area contributed by atoms with Crippen LogP contribution in [-0.2, 0) is 48.7 Å². The first kappa shape index (κ1) is 43.0. The van der Waals surface area contributed by atoms with E-state index in [9.17, 15) is 23.8 Å². The number of imidazole rings is 2. The zero-order chi connectivity index (χ0) is 41.1. The van der Waals surface area contributed by atoms with Crippen molar-refractivity contribution in [1.82, 2.24) is 39.0 Å². The summed E-state index contributed by atoms with van der Waals surface area (Å²) in [4.78, 5) is 72.2. The molecule has 3 aliphatic rings. The molecule has 5 aromatic rings. The summed E-state index contributed by atoms with van der Waals surface area (Å²) in [7, 11) is 0. The van der Waals surface area contributed by atoms with E-state index >= 15 is 8.78 Å². The van der Waals surface area contributed by atoms with Crippen LogP contribution in [0.5, 0.6) is 0 Å². The normalized spacial score (nSPS) is 31.2. The van der Waals surface area contributed by atoms with Gasteiger partial charge in [-0.05, 0) is 23.9 Å². The number of thiol groups is 1. The molecule has 7 heterocycles. The summed E-state index contributed by atoms with van der Waals surface area (Å²) in [6, 6.07) is 8.32. The minimum Gasteiger partial charge on any atom is -0.346 e. The molecule has 2 amide bonds. The molecule has 0 saturated carbocycles. The number of aromatic nitrogens is 8. The predicted octanol–water partition coefficient (Wildman–Crippen LogP) is 3.99. The maximum Gasteiger partial charge on any atom is 0.386 e. The van der Waals surface area contributed by atoms with Gasteiger partial charge in [0, 0.05) is 11.5 Å². The zero-order valence-electron chi connectivity index (χ0n) is 29.9. The van der Waals surface area contributed by atoms with E-state index in [4.69, 9.17) is 39.4 Å². The molecule has 1 aromatic carbocycles. The number of hydrogen-bond acceptors (Lipinski definition) is 16. The van der Waals surface area contributed by atoms with E-state index in [0.717, 1.165) is 17.2 Å². The molecule has 3 aliphatic heterocycles. The van der Waals surface area contributed by atoms with Gasteiger partial charge in [-0.1, -0.05) is 51.7 Å². The molecule has 8 rings (SSSR count). The Hall–Kier alpha value is -4.13. The minimum absolute atomic E-state index is 0. The van der Waals surface area contributed by atoms with Gasteiger partial charge >= 0.3 is 13.5 Å². The Labute approximate surface area is 342 Å². The molecule has 316 valence electrons. The number of nitrogens with one attached hydrogen (secondary N) is 3. The number of halogens is 2. The highest BCUT2D eigenvalue weighted by atomic mass is 32.7. The van der Waals surface area contributed by atoms with Crippen LogP contribution in [0.25, 0.3) is 22.3 Å². The molecule has 27 heteroatoms. The third-order valence-electron chi connectivity index (χ3n) is 9.22. The standard InChI is InChI=1S/C31H32F2N10O11P2S2.CH4/c1-13(2)26(44)40-31-39-25-20(28(46)41-31)37-12-43(25)30-18(33)22-16(52-30)9-50-55(47,57)53-21-15(8-49-56(48,58)54-22)51-29(17(21)32)42-11-36-19-23(34-10-35-24(19)42)38-27(45)14-6-4-3-5-7-14;/h3-7,10-13,15-18,21-22,29-30H,8-9H2,1-2H3,(H,47,57)(H,48,58)(H,34,35,38,45)(H2,39,40,41,44,46);1H4/t15-,16-,17-,18-,21-,22-,29-,30-,55?,56?;/m1./s1. The summed E-state index contributed by atoms with van der Waals surface area (Å²) < 4.78 is 82.8. The van der Waals surface area contributed by atoms with Crippen molar-refractivity contribution >= 4 is 83.5 Å². The Morgan fingerprint density at radius 1 is 0.932 bits per heavy atom. The van der Waals surface area contributed by atoms with Gasteiger partial charge in [0.15, 0.2) is 52.9 Å². The third kappa shape index (κ3) is 8.59. The topological polar surface area (TPSA) is 258 Å². The van der Waals surface area contributed by atoms with E-state index in [2.05, 4.69) is 52.8 Å². The number of anilines is 2. The number of rotatable bonds is 6. The van der Waals surface area contributed by atoms with Crippen molar-refractivity contribution in [1.29, 1.82) is 0 Å². The first-order chi connectivity index (χ1) is 27.6. The van der Waals surface area contributed by atoms with Gasteiger partial charge in [-0.15, -0.1) is 0 Å². The van der Waals surface area contributed by atoms with Gasteiger partial charge in [0.05, 0.1) is 25.9 Å². The van der Waals surface area contributed by atoms with Crippen molar-refractivity contribution in [2.75, 3.05) is 23.8 Å². The number of carbonyl (C=O) groups excluding carboxylic acids is 2. The van der Waals surface area contributed by atoms with Gasteiger partial charge in [-0.3, -0.25) is 47.4 Å². The second kappa shape index (κ2) is 16.7. The second-order valence-electron chi connectivity index (χ2n) is 13.4. The van der Waals surface area contributed by atoms with Crippen LogP contribution in [-0.4, -0.2) is 106 Å². The Bertz CT molecular complexity index is 2550. The van der Waals surface area contributed by atoms with Gasteiger partial charge in [0.25, 0.3) is 11.5 Å². The number of benzene rings is 1. The molecule has 0 radical (unpaired) electrons. The quantitative estimate of drug-likeness (QED) is 0.119. The van der Waals surface area contributed by atoms with Gasteiger partial charge in [0.2, 0.25) is 11.9 Å². The molecule has 4 aromatic heterocycles. The lowest BCUT2D eigenvalue weighted by atomic mass is 10.1. The van der Waals surface area contributed by atoms with Crippen LogP contribution in [0.15, 0.2) is 54.1 Å². The lowest BCUT2D eigenvalue weighted by Crippen LogP contribution is -2.37. The summed E-state index contributed by atoms with van der Waals surface area (Å²) >= 11 is 9.26. The number of alkyl halides is 2. The highest BCUT2D eigenvalue weighted by molar-refractivity contribution is 8.44. The van der Waals surface area contributed by atoms with E-state index in [1.54, 1.807) is 44.2 Å². The maximum atomic E-state index is 16.5. The molecule has 4 N–H and O–H groups in total.